The van der Waals surface area contributed by atoms with Gasteiger partial charge in [-0.25, -0.2) is 4.79 Å². The van der Waals surface area contributed by atoms with Gasteiger partial charge in [-0.1, -0.05) is 23.2 Å². The Morgan fingerprint density at radius 3 is 2.21 bits per heavy atom. The zero-order chi connectivity index (χ0) is 17.4. The number of carbonyl (C=O) groups excluding carboxylic acids is 1. The first-order valence-corrected chi connectivity index (χ1v) is 8.46. The van der Waals surface area contributed by atoms with E-state index in [1.54, 1.807) is 48.3 Å². The second kappa shape index (κ2) is 9.40. The lowest BCUT2D eigenvalue weighted by Gasteiger charge is -2.18. The lowest BCUT2D eigenvalue weighted by molar-refractivity contribution is 0.219. The van der Waals surface area contributed by atoms with Gasteiger partial charge in [0, 0.05) is 29.3 Å². The molecule has 2 aromatic carbocycles. The molecular weight excluding hydrogens is 347 g/mol. The second-order valence-corrected chi connectivity index (χ2v) is 6.24. The number of anilines is 1. The van der Waals surface area contributed by atoms with Crippen molar-refractivity contribution in [3.05, 3.63) is 58.6 Å². The second-order valence-electron chi connectivity index (χ2n) is 5.37. The van der Waals surface area contributed by atoms with Gasteiger partial charge in [-0.2, -0.15) is 0 Å². The lowest BCUT2D eigenvalue weighted by atomic mass is 10.3. The Morgan fingerprint density at radius 1 is 1.00 bits per heavy atom. The first kappa shape index (κ1) is 18.4. The van der Waals surface area contributed by atoms with Gasteiger partial charge in [-0.15, -0.1) is 0 Å². The minimum absolute atomic E-state index is 0.143. The van der Waals surface area contributed by atoms with Crippen LogP contribution in [0.15, 0.2) is 48.5 Å². The molecule has 0 fully saturated rings. The Morgan fingerprint density at radius 2 is 1.58 bits per heavy atom. The molecule has 0 saturated carbocycles. The SMILES string of the molecule is CN(CCCCOc1ccc(Cl)cc1)C(=O)Nc1ccc(Cl)cc1. The molecule has 0 spiro atoms. The fourth-order valence-corrected chi connectivity index (χ4v) is 2.28. The molecule has 0 saturated heterocycles. The summed E-state index contributed by atoms with van der Waals surface area (Å²) in [5.74, 6) is 0.799. The van der Waals surface area contributed by atoms with Gasteiger partial charge in [0.05, 0.1) is 6.61 Å². The molecule has 128 valence electrons. The van der Waals surface area contributed by atoms with Crippen LogP contribution in [0.2, 0.25) is 10.0 Å². The average molecular weight is 367 g/mol. The van der Waals surface area contributed by atoms with Gasteiger partial charge in [0.25, 0.3) is 0 Å². The van der Waals surface area contributed by atoms with E-state index in [1.165, 1.54) is 0 Å². The highest BCUT2D eigenvalue weighted by atomic mass is 35.5. The van der Waals surface area contributed by atoms with Gasteiger partial charge >= 0.3 is 6.03 Å². The highest BCUT2D eigenvalue weighted by Gasteiger charge is 2.08. The monoisotopic (exact) mass is 366 g/mol. The zero-order valence-electron chi connectivity index (χ0n) is 13.5. The number of hydrogen-bond donors (Lipinski definition) is 1. The number of benzene rings is 2. The van der Waals surface area contributed by atoms with Gasteiger partial charge in [0.15, 0.2) is 0 Å². The van der Waals surface area contributed by atoms with Crippen LogP contribution in [0.25, 0.3) is 0 Å². The van der Waals surface area contributed by atoms with Crippen LogP contribution in [0.4, 0.5) is 10.5 Å². The largest absolute Gasteiger partial charge is 0.494 e. The highest BCUT2D eigenvalue weighted by molar-refractivity contribution is 6.30. The minimum atomic E-state index is -0.143. The van der Waals surface area contributed by atoms with Crippen LogP contribution in [0.1, 0.15) is 12.8 Å². The molecule has 0 aromatic heterocycles. The molecule has 0 atom stereocenters. The summed E-state index contributed by atoms with van der Waals surface area (Å²) in [6.07, 6.45) is 1.72. The fourth-order valence-electron chi connectivity index (χ4n) is 2.03. The van der Waals surface area contributed by atoms with E-state index in [-0.39, 0.29) is 6.03 Å². The number of carbonyl (C=O) groups is 1. The van der Waals surface area contributed by atoms with Crippen LogP contribution >= 0.6 is 23.2 Å². The number of amides is 2. The summed E-state index contributed by atoms with van der Waals surface area (Å²) in [4.78, 5) is 13.7. The molecule has 6 heteroatoms. The molecule has 2 amide bonds. The number of urea groups is 1. The van der Waals surface area contributed by atoms with Gasteiger partial charge in [0.1, 0.15) is 5.75 Å². The van der Waals surface area contributed by atoms with E-state index in [4.69, 9.17) is 27.9 Å². The first-order valence-electron chi connectivity index (χ1n) is 7.70. The maximum atomic E-state index is 12.1. The van der Waals surface area contributed by atoms with Crippen molar-refractivity contribution in [2.75, 3.05) is 25.5 Å². The third kappa shape index (κ3) is 6.30. The summed E-state index contributed by atoms with van der Waals surface area (Å²) < 4.78 is 5.62. The number of hydrogen-bond acceptors (Lipinski definition) is 2. The van der Waals surface area contributed by atoms with Gasteiger partial charge in [-0.05, 0) is 61.4 Å². The summed E-state index contributed by atoms with van der Waals surface area (Å²) in [5.41, 5.74) is 0.724. The molecule has 1 N–H and O–H groups in total. The van der Waals surface area contributed by atoms with E-state index in [0.29, 0.717) is 23.2 Å². The maximum Gasteiger partial charge on any atom is 0.321 e. The Labute approximate surface area is 152 Å². The molecule has 0 heterocycles. The molecule has 2 aromatic rings. The Hall–Kier alpha value is -1.91. The fraction of sp³-hybridized carbons (Fsp3) is 0.278. The molecule has 2 rings (SSSR count). The molecule has 24 heavy (non-hydrogen) atoms. The summed E-state index contributed by atoms with van der Waals surface area (Å²) in [6, 6.07) is 14.2. The third-order valence-electron chi connectivity index (χ3n) is 3.41. The van der Waals surface area contributed by atoms with Crippen LogP contribution in [-0.2, 0) is 0 Å². The van der Waals surface area contributed by atoms with E-state index in [1.807, 2.05) is 12.1 Å². The van der Waals surface area contributed by atoms with E-state index in [9.17, 15) is 4.79 Å². The molecule has 0 aliphatic heterocycles. The highest BCUT2D eigenvalue weighted by Crippen LogP contribution is 2.16. The minimum Gasteiger partial charge on any atom is -0.494 e. The first-order chi connectivity index (χ1) is 11.5. The molecule has 0 aliphatic carbocycles. The van der Waals surface area contributed by atoms with Crippen LogP contribution in [0.3, 0.4) is 0 Å². The number of nitrogens with zero attached hydrogens (tertiary/aromatic N) is 1. The van der Waals surface area contributed by atoms with Crippen molar-refractivity contribution in [2.45, 2.75) is 12.8 Å². The van der Waals surface area contributed by atoms with Crippen molar-refractivity contribution >= 4 is 34.9 Å². The molecule has 0 aliphatic rings. The van der Waals surface area contributed by atoms with Crippen molar-refractivity contribution in [1.82, 2.24) is 4.90 Å². The van der Waals surface area contributed by atoms with E-state index >= 15 is 0 Å². The van der Waals surface area contributed by atoms with E-state index in [2.05, 4.69) is 5.32 Å². The molecular formula is C18H20Cl2N2O2. The predicted octanol–water partition coefficient (Wildman–Crippen LogP) is 5.32. The topological polar surface area (TPSA) is 41.6 Å². The van der Waals surface area contributed by atoms with Crippen LogP contribution in [0, 0.1) is 0 Å². The lowest BCUT2D eigenvalue weighted by Crippen LogP contribution is -2.32. The number of unbranched alkanes of at least 4 members (excludes halogenated alkanes) is 1. The van der Waals surface area contributed by atoms with Crippen LogP contribution in [0.5, 0.6) is 5.75 Å². The van der Waals surface area contributed by atoms with Gasteiger partial charge in [0.2, 0.25) is 0 Å². The zero-order valence-corrected chi connectivity index (χ0v) is 15.0. The number of ether oxygens (including phenoxy) is 1. The smallest absolute Gasteiger partial charge is 0.321 e. The molecule has 4 nitrogen and oxygen atoms in total. The number of rotatable bonds is 7. The van der Waals surface area contributed by atoms with Crippen molar-refractivity contribution < 1.29 is 9.53 Å². The van der Waals surface area contributed by atoms with Gasteiger partial charge < -0.3 is 15.0 Å². The van der Waals surface area contributed by atoms with Crippen molar-refractivity contribution in [2.24, 2.45) is 0 Å². The van der Waals surface area contributed by atoms with Crippen LogP contribution in [-0.4, -0.2) is 31.1 Å². The van der Waals surface area contributed by atoms with Crippen LogP contribution < -0.4 is 10.1 Å². The molecule has 0 bridgehead atoms. The van der Waals surface area contributed by atoms with Gasteiger partial charge in [-0.3, -0.25) is 0 Å². The van der Waals surface area contributed by atoms with Crippen molar-refractivity contribution in [3.63, 3.8) is 0 Å². The quantitative estimate of drug-likeness (QED) is 0.674. The van der Waals surface area contributed by atoms with E-state index in [0.717, 1.165) is 24.3 Å². The summed E-state index contributed by atoms with van der Waals surface area (Å²) in [5, 5.41) is 4.16. The Balaban J connectivity index is 1.63. The molecule has 0 radical (unpaired) electrons. The van der Waals surface area contributed by atoms with Crippen molar-refractivity contribution in [3.8, 4) is 5.75 Å². The maximum absolute atomic E-state index is 12.1. The molecule has 0 unspecified atom stereocenters. The Kier molecular flexibility index (Phi) is 7.22. The summed E-state index contributed by atoms with van der Waals surface area (Å²) in [7, 11) is 1.77. The van der Waals surface area contributed by atoms with Crippen molar-refractivity contribution in [1.29, 1.82) is 0 Å². The van der Waals surface area contributed by atoms with E-state index < -0.39 is 0 Å². The number of nitrogens with one attached hydrogen (secondary N) is 1. The standard InChI is InChI=1S/C18H20Cl2N2O2/c1-22(18(23)21-16-8-4-14(19)5-9-16)12-2-3-13-24-17-10-6-15(20)7-11-17/h4-11H,2-3,12-13H2,1H3,(H,21,23). The predicted molar refractivity (Wildman–Crippen MR) is 99.3 cm³/mol. The number of halogens is 2. The normalized spacial score (nSPS) is 10.3. The summed E-state index contributed by atoms with van der Waals surface area (Å²) in [6.45, 7) is 1.26. The third-order valence-corrected chi connectivity index (χ3v) is 3.92. The average Bonchev–Trinajstić information content (AvgIpc) is 2.58. The Bertz CT molecular complexity index is 645. The summed E-state index contributed by atoms with van der Waals surface area (Å²) >= 11 is 11.6.